The maximum atomic E-state index is 5.75. The van der Waals surface area contributed by atoms with E-state index in [2.05, 4.69) is 19.9 Å². The molecule has 2 rings (SSSR count). The molecule has 0 aliphatic carbocycles. The fourth-order valence-electron chi connectivity index (χ4n) is 2.53. The molecular formula is C19H30CuO5. The van der Waals surface area contributed by atoms with Gasteiger partial charge in [-0.2, -0.15) is 0 Å². The average molecular weight is 402 g/mol. The summed E-state index contributed by atoms with van der Waals surface area (Å²) in [5.41, 5.74) is 2.44. The van der Waals surface area contributed by atoms with Crippen LogP contribution in [0.25, 0.3) is 0 Å². The van der Waals surface area contributed by atoms with Crippen LogP contribution >= 0.6 is 0 Å². The van der Waals surface area contributed by atoms with Crippen LogP contribution in [0.1, 0.15) is 44.2 Å². The minimum Gasteiger partial charge on any atom is -0.454 e. The Hall–Kier alpha value is -0.781. The van der Waals surface area contributed by atoms with Crippen LogP contribution in [-0.2, 0) is 44.3 Å². The molecule has 1 heterocycles. The summed E-state index contributed by atoms with van der Waals surface area (Å²) >= 11 is 0. The van der Waals surface area contributed by atoms with Crippen molar-refractivity contribution in [1.29, 1.82) is 0 Å². The normalized spacial score (nSPS) is 12.2. The first-order chi connectivity index (χ1) is 11.8. The zero-order chi connectivity index (χ0) is 17.0. The second-order valence-electron chi connectivity index (χ2n) is 5.86. The molecule has 0 atom stereocenters. The molecule has 1 aromatic carbocycles. The van der Waals surface area contributed by atoms with Crippen LogP contribution in [-0.4, -0.2) is 39.8 Å². The summed E-state index contributed by atoms with van der Waals surface area (Å²) in [5.74, 6) is 1.66. The summed E-state index contributed by atoms with van der Waals surface area (Å²) in [6.07, 6.45) is 4.38. The van der Waals surface area contributed by atoms with Crippen molar-refractivity contribution < 1.29 is 40.8 Å². The smallest absolute Gasteiger partial charge is 0.231 e. The number of aryl methyl sites for hydroxylation is 1. The Balaban J connectivity index is 0.00000312. The van der Waals surface area contributed by atoms with E-state index in [0.717, 1.165) is 43.8 Å². The number of unbranched alkanes of at least 4 members (excludes halogenated alkanes) is 1. The summed E-state index contributed by atoms with van der Waals surface area (Å²) in [4.78, 5) is 0. The Morgan fingerprint density at radius 3 is 2.04 bits per heavy atom. The molecule has 0 bridgehead atoms. The first kappa shape index (κ1) is 22.3. The van der Waals surface area contributed by atoms with E-state index in [-0.39, 0.29) is 17.1 Å². The average Bonchev–Trinajstić information content (AvgIpc) is 3.04. The van der Waals surface area contributed by atoms with Crippen LogP contribution in [0.4, 0.5) is 0 Å². The maximum Gasteiger partial charge on any atom is 0.231 e. The van der Waals surface area contributed by atoms with E-state index >= 15 is 0 Å². The molecule has 6 heteroatoms. The molecule has 25 heavy (non-hydrogen) atoms. The number of benzene rings is 1. The van der Waals surface area contributed by atoms with Crippen molar-refractivity contribution in [2.75, 3.05) is 39.8 Å². The fraction of sp³-hybridized carbons (Fsp3) is 0.684. The number of hydrogen-bond donors (Lipinski definition) is 0. The third-order valence-electron chi connectivity index (χ3n) is 3.86. The van der Waals surface area contributed by atoms with E-state index in [1.165, 1.54) is 11.1 Å². The monoisotopic (exact) mass is 401 g/mol. The summed E-state index contributed by atoms with van der Waals surface area (Å²) < 4.78 is 27.6. The van der Waals surface area contributed by atoms with Crippen molar-refractivity contribution in [1.82, 2.24) is 0 Å². The SMILES string of the molecule is CCCCOCCOCCOCc1cc2c(cc1CCC)OCO2.[Cu]. The van der Waals surface area contributed by atoms with Gasteiger partial charge in [0.05, 0.1) is 33.0 Å². The topological polar surface area (TPSA) is 46.2 Å². The molecule has 0 fully saturated rings. The van der Waals surface area contributed by atoms with Crippen molar-refractivity contribution in [2.45, 2.75) is 46.1 Å². The number of fused-ring (bicyclic) bond motifs is 1. The second-order valence-corrected chi connectivity index (χ2v) is 5.86. The molecule has 147 valence electrons. The zero-order valence-electron chi connectivity index (χ0n) is 15.3. The molecule has 1 radical (unpaired) electrons. The van der Waals surface area contributed by atoms with Gasteiger partial charge in [0.1, 0.15) is 0 Å². The Morgan fingerprint density at radius 1 is 0.800 bits per heavy atom. The number of hydrogen-bond acceptors (Lipinski definition) is 5. The molecular weight excluding hydrogens is 372 g/mol. The van der Waals surface area contributed by atoms with Gasteiger partial charge >= 0.3 is 0 Å². The second kappa shape index (κ2) is 13.4. The molecule has 0 saturated carbocycles. The van der Waals surface area contributed by atoms with Gasteiger partial charge in [0.15, 0.2) is 11.5 Å². The maximum absolute atomic E-state index is 5.75. The van der Waals surface area contributed by atoms with Crippen LogP contribution in [0.3, 0.4) is 0 Å². The Kier molecular flexibility index (Phi) is 12.0. The van der Waals surface area contributed by atoms with E-state index < -0.39 is 0 Å². The predicted molar refractivity (Wildman–Crippen MR) is 92.8 cm³/mol. The van der Waals surface area contributed by atoms with Gasteiger partial charge in [0.2, 0.25) is 6.79 Å². The predicted octanol–water partition coefficient (Wildman–Crippen LogP) is 3.72. The quantitative estimate of drug-likeness (QED) is 0.372. The van der Waals surface area contributed by atoms with Gasteiger partial charge in [0, 0.05) is 23.7 Å². The van der Waals surface area contributed by atoms with E-state index in [9.17, 15) is 0 Å². The molecule has 1 aliphatic rings. The Labute approximate surface area is 161 Å². The number of ether oxygens (including phenoxy) is 5. The van der Waals surface area contributed by atoms with Crippen LogP contribution in [0.5, 0.6) is 11.5 Å². The Morgan fingerprint density at radius 2 is 1.40 bits per heavy atom. The van der Waals surface area contributed by atoms with Crippen molar-refractivity contribution in [2.24, 2.45) is 0 Å². The molecule has 0 unspecified atom stereocenters. The third-order valence-corrected chi connectivity index (χ3v) is 3.86. The van der Waals surface area contributed by atoms with E-state index in [1.807, 2.05) is 6.07 Å². The first-order valence-corrected chi connectivity index (χ1v) is 8.99. The van der Waals surface area contributed by atoms with E-state index in [0.29, 0.717) is 39.8 Å². The molecule has 0 aromatic heterocycles. The van der Waals surface area contributed by atoms with Crippen molar-refractivity contribution in [3.63, 3.8) is 0 Å². The minimum atomic E-state index is 0. The van der Waals surface area contributed by atoms with Gasteiger partial charge in [-0.05, 0) is 36.1 Å². The molecule has 1 aromatic rings. The van der Waals surface area contributed by atoms with Crippen molar-refractivity contribution in [3.8, 4) is 11.5 Å². The molecule has 0 spiro atoms. The number of rotatable bonds is 13. The molecule has 5 nitrogen and oxygen atoms in total. The fourth-order valence-corrected chi connectivity index (χ4v) is 2.53. The first-order valence-electron chi connectivity index (χ1n) is 8.99. The third kappa shape index (κ3) is 7.97. The van der Waals surface area contributed by atoms with Crippen molar-refractivity contribution >= 4 is 0 Å². The van der Waals surface area contributed by atoms with Gasteiger partial charge in [-0.1, -0.05) is 26.7 Å². The molecule has 1 aliphatic heterocycles. The van der Waals surface area contributed by atoms with Gasteiger partial charge in [-0.3, -0.25) is 0 Å². The molecule has 0 amide bonds. The van der Waals surface area contributed by atoms with Gasteiger partial charge in [-0.25, -0.2) is 0 Å². The zero-order valence-corrected chi connectivity index (χ0v) is 16.2. The minimum absolute atomic E-state index is 0. The van der Waals surface area contributed by atoms with Crippen LogP contribution in [0.2, 0.25) is 0 Å². The van der Waals surface area contributed by atoms with Crippen LogP contribution < -0.4 is 9.47 Å². The summed E-state index contributed by atoms with van der Waals surface area (Å²) in [5, 5.41) is 0. The van der Waals surface area contributed by atoms with Gasteiger partial charge < -0.3 is 23.7 Å². The Bertz CT molecular complexity index is 481. The molecule has 0 N–H and O–H groups in total. The van der Waals surface area contributed by atoms with Crippen molar-refractivity contribution in [3.05, 3.63) is 23.3 Å². The summed E-state index contributed by atoms with van der Waals surface area (Å²) in [7, 11) is 0. The van der Waals surface area contributed by atoms with E-state index in [1.54, 1.807) is 0 Å². The summed E-state index contributed by atoms with van der Waals surface area (Å²) in [6, 6.07) is 4.12. The van der Waals surface area contributed by atoms with Crippen LogP contribution in [0, 0.1) is 0 Å². The largest absolute Gasteiger partial charge is 0.454 e. The molecule has 0 saturated heterocycles. The van der Waals surface area contributed by atoms with E-state index in [4.69, 9.17) is 23.7 Å². The van der Waals surface area contributed by atoms with Crippen LogP contribution in [0.15, 0.2) is 12.1 Å². The standard InChI is InChI=1S/C19H30O5.Cu/c1-3-5-7-20-8-9-21-10-11-22-14-17-13-19-18(23-15-24-19)12-16(17)6-4-2;/h12-13H,3-11,14-15H2,1-2H3;. The summed E-state index contributed by atoms with van der Waals surface area (Å²) in [6.45, 7) is 8.47. The van der Waals surface area contributed by atoms with Gasteiger partial charge in [0.25, 0.3) is 0 Å². The van der Waals surface area contributed by atoms with Gasteiger partial charge in [-0.15, -0.1) is 0 Å².